The lowest BCUT2D eigenvalue weighted by atomic mass is 9.89. The fraction of sp³-hybridized carbons (Fsp3) is 0.500. The average molecular weight is 284 g/mol. The summed E-state index contributed by atoms with van der Waals surface area (Å²) >= 11 is 0. The van der Waals surface area contributed by atoms with Crippen LogP contribution in [0.3, 0.4) is 0 Å². The second-order valence-electron chi connectivity index (χ2n) is 5.75. The normalized spacial score (nSPS) is 15.1. The van der Waals surface area contributed by atoms with Gasteiger partial charge in [0.05, 0.1) is 6.54 Å². The predicted octanol–water partition coefficient (Wildman–Crippen LogP) is 2.62. The molecule has 1 saturated carbocycles. The van der Waals surface area contributed by atoms with E-state index in [1.165, 1.54) is 32.1 Å². The van der Waals surface area contributed by atoms with E-state index in [0.717, 1.165) is 17.7 Å². The van der Waals surface area contributed by atoms with E-state index >= 15 is 0 Å². The van der Waals surface area contributed by atoms with Gasteiger partial charge < -0.3 is 11.1 Å². The van der Waals surface area contributed by atoms with Crippen molar-refractivity contribution in [2.45, 2.75) is 39.0 Å². The van der Waals surface area contributed by atoms with Crippen LogP contribution in [0.25, 0.3) is 0 Å². The molecule has 0 radical (unpaired) electrons. The Labute approximate surface area is 127 Å². The van der Waals surface area contributed by atoms with Crippen LogP contribution in [-0.2, 0) is 0 Å². The van der Waals surface area contributed by atoms with E-state index in [1.807, 2.05) is 25.1 Å². The van der Waals surface area contributed by atoms with Gasteiger partial charge in [0.25, 0.3) is 5.91 Å². The molecular formula is C18H24N2O. The molecule has 0 atom stereocenters. The third kappa shape index (κ3) is 4.61. The molecule has 0 heterocycles. The maximum absolute atomic E-state index is 12.2. The Morgan fingerprint density at radius 1 is 1.33 bits per heavy atom. The Hall–Kier alpha value is -1.79. The molecule has 1 aromatic rings. The highest BCUT2D eigenvalue weighted by molar-refractivity contribution is 5.94. The molecule has 21 heavy (non-hydrogen) atoms. The fourth-order valence-corrected chi connectivity index (χ4v) is 2.82. The van der Waals surface area contributed by atoms with Crippen molar-refractivity contribution >= 4 is 5.91 Å². The smallest absolute Gasteiger partial charge is 0.251 e. The minimum Gasteiger partial charge on any atom is -0.352 e. The van der Waals surface area contributed by atoms with Crippen LogP contribution in [0.5, 0.6) is 0 Å². The molecule has 2 rings (SSSR count). The van der Waals surface area contributed by atoms with E-state index in [0.29, 0.717) is 18.0 Å². The molecule has 1 aliphatic rings. The van der Waals surface area contributed by atoms with Crippen molar-refractivity contribution < 1.29 is 4.79 Å². The quantitative estimate of drug-likeness (QED) is 0.838. The van der Waals surface area contributed by atoms with Crippen molar-refractivity contribution in [3.05, 3.63) is 34.9 Å². The molecular weight excluding hydrogens is 260 g/mol. The molecule has 3 nitrogen and oxygen atoms in total. The molecule has 1 fully saturated rings. The molecule has 1 aromatic carbocycles. The maximum Gasteiger partial charge on any atom is 0.251 e. The van der Waals surface area contributed by atoms with Crippen LogP contribution >= 0.6 is 0 Å². The van der Waals surface area contributed by atoms with Crippen molar-refractivity contribution in [3.63, 3.8) is 0 Å². The highest BCUT2D eigenvalue weighted by atomic mass is 16.1. The number of carbonyl (C=O) groups is 1. The van der Waals surface area contributed by atoms with Crippen molar-refractivity contribution in [2.24, 2.45) is 11.7 Å². The van der Waals surface area contributed by atoms with Crippen LogP contribution in [0.4, 0.5) is 0 Å². The summed E-state index contributed by atoms with van der Waals surface area (Å²) in [7, 11) is 0. The van der Waals surface area contributed by atoms with Gasteiger partial charge in [0, 0.05) is 17.7 Å². The summed E-state index contributed by atoms with van der Waals surface area (Å²) < 4.78 is 0. The van der Waals surface area contributed by atoms with Crippen LogP contribution < -0.4 is 11.1 Å². The van der Waals surface area contributed by atoms with Gasteiger partial charge >= 0.3 is 0 Å². The van der Waals surface area contributed by atoms with Gasteiger partial charge in [-0.1, -0.05) is 31.1 Å². The third-order valence-corrected chi connectivity index (χ3v) is 4.09. The lowest BCUT2D eigenvalue weighted by Gasteiger charge is -2.21. The number of hydrogen-bond acceptors (Lipinski definition) is 2. The Morgan fingerprint density at radius 3 is 2.76 bits per heavy atom. The summed E-state index contributed by atoms with van der Waals surface area (Å²) in [6, 6.07) is 5.63. The summed E-state index contributed by atoms with van der Waals surface area (Å²) in [6.07, 6.45) is 6.43. The third-order valence-electron chi connectivity index (χ3n) is 4.09. The zero-order chi connectivity index (χ0) is 15.1. The van der Waals surface area contributed by atoms with Crippen molar-refractivity contribution in [2.75, 3.05) is 13.1 Å². The zero-order valence-corrected chi connectivity index (χ0v) is 12.7. The van der Waals surface area contributed by atoms with E-state index < -0.39 is 0 Å². The van der Waals surface area contributed by atoms with Gasteiger partial charge in [0.2, 0.25) is 0 Å². The van der Waals surface area contributed by atoms with E-state index in [4.69, 9.17) is 5.73 Å². The summed E-state index contributed by atoms with van der Waals surface area (Å²) in [4.78, 5) is 12.2. The molecule has 3 N–H and O–H groups in total. The van der Waals surface area contributed by atoms with Gasteiger partial charge in [-0.25, -0.2) is 0 Å². The molecule has 0 spiro atoms. The monoisotopic (exact) mass is 284 g/mol. The summed E-state index contributed by atoms with van der Waals surface area (Å²) in [5.74, 6) is 6.52. The van der Waals surface area contributed by atoms with Crippen LogP contribution in [0.2, 0.25) is 0 Å². The van der Waals surface area contributed by atoms with Crippen LogP contribution in [0, 0.1) is 24.7 Å². The van der Waals surface area contributed by atoms with Gasteiger partial charge in [-0.05, 0) is 49.4 Å². The zero-order valence-electron chi connectivity index (χ0n) is 12.7. The number of amides is 1. The van der Waals surface area contributed by atoms with E-state index in [9.17, 15) is 4.79 Å². The molecule has 0 unspecified atom stereocenters. The van der Waals surface area contributed by atoms with Crippen LogP contribution in [-0.4, -0.2) is 19.0 Å². The second kappa shape index (κ2) is 7.85. The van der Waals surface area contributed by atoms with Crippen molar-refractivity contribution in [1.29, 1.82) is 0 Å². The van der Waals surface area contributed by atoms with Gasteiger partial charge in [0.1, 0.15) is 0 Å². The Balaban J connectivity index is 1.94. The Morgan fingerprint density at radius 2 is 2.10 bits per heavy atom. The average Bonchev–Trinajstić information content (AvgIpc) is 2.52. The molecule has 1 aliphatic carbocycles. The number of rotatable bonds is 3. The number of aryl methyl sites for hydroxylation is 1. The van der Waals surface area contributed by atoms with E-state index in [1.54, 1.807) is 0 Å². The van der Waals surface area contributed by atoms with E-state index in [2.05, 4.69) is 17.2 Å². The number of nitrogens with one attached hydrogen (secondary N) is 1. The lowest BCUT2D eigenvalue weighted by molar-refractivity contribution is 0.0943. The number of hydrogen-bond donors (Lipinski definition) is 2. The maximum atomic E-state index is 12.2. The predicted molar refractivity (Wildman–Crippen MR) is 86.0 cm³/mol. The molecule has 3 heteroatoms. The lowest BCUT2D eigenvalue weighted by Crippen LogP contribution is -2.30. The topological polar surface area (TPSA) is 55.1 Å². The van der Waals surface area contributed by atoms with Gasteiger partial charge in [-0.15, -0.1) is 0 Å². The molecule has 1 amide bonds. The molecule has 112 valence electrons. The highest BCUT2D eigenvalue weighted by Gasteiger charge is 2.15. The van der Waals surface area contributed by atoms with Crippen molar-refractivity contribution in [3.8, 4) is 11.8 Å². The molecule has 0 aliphatic heterocycles. The number of carbonyl (C=O) groups excluding carboxylic acids is 1. The molecule has 0 saturated heterocycles. The summed E-state index contributed by atoms with van der Waals surface area (Å²) in [6.45, 7) is 3.12. The first-order chi connectivity index (χ1) is 10.2. The molecule has 0 bridgehead atoms. The summed E-state index contributed by atoms with van der Waals surface area (Å²) in [5, 5.41) is 3.06. The highest BCUT2D eigenvalue weighted by Crippen LogP contribution is 2.22. The number of nitrogens with two attached hydrogens (primary N) is 1. The first-order valence-corrected chi connectivity index (χ1v) is 7.78. The Bertz CT molecular complexity index is 548. The molecule has 0 aromatic heterocycles. The van der Waals surface area contributed by atoms with Gasteiger partial charge in [-0.2, -0.15) is 0 Å². The first-order valence-electron chi connectivity index (χ1n) is 7.78. The minimum atomic E-state index is 0.0157. The largest absolute Gasteiger partial charge is 0.352 e. The van der Waals surface area contributed by atoms with E-state index in [-0.39, 0.29) is 5.91 Å². The Kier molecular flexibility index (Phi) is 5.83. The fourth-order valence-electron chi connectivity index (χ4n) is 2.82. The standard InChI is InChI=1S/C18H24N2O/c1-14-12-17(10-9-16(14)8-5-11-19)18(21)20-13-15-6-3-2-4-7-15/h9-10,12,15H,2-4,6-7,11,13,19H2,1H3,(H,20,21). The van der Waals surface area contributed by atoms with Crippen LogP contribution in [0.15, 0.2) is 18.2 Å². The first kappa shape index (κ1) is 15.6. The SMILES string of the molecule is Cc1cc(C(=O)NCC2CCCCC2)ccc1C#CCN. The summed E-state index contributed by atoms with van der Waals surface area (Å²) in [5.41, 5.74) is 8.04. The van der Waals surface area contributed by atoms with Gasteiger partial charge in [-0.3, -0.25) is 4.79 Å². The second-order valence-corrected chi connectivity index (χ2v) is 5.75. The minimum absolute atomic E-state index is 0.0157. The van der Waals surface area contributed by atoms with Crippen molar-refractivity contribution in [1.82, 2.24) is 5.32 Å². The van der Waals surface area contributed by atoms with Crippen LogP contribution in [0.1, 0.15) is 53.6 Å². The van der Waals surface area contributed by atoms with Gasteiger partial charge in [0.15, 0.2) is 0 Å². The number of benzene rings is 1.